The van der Waals surface area contributed by atoms with E-state index in [0.717, 1.165) is 23.4 Å². The van der Waals surface area contributed by atoms with E-state index < -0.39 is 5.97 Å². The first-order valence-corrected chi connectivity index (χ1v) is 11.8. The fourth-order valence-corrected chi connectivity index (χ4v) is 4.95. The highest BCUT2D eigenvalue weighted by atomic mass is 32.1. The number of amides is 2. The van der Waals surface area contributed by atoms with E-state index in [9.17, 15) is 18.8 Å². The second-order valence-corrected chi connectivity index (χ2v) is 9.09. The maximum absolute atomic E-state index is 13.1. The molecule has 1 aliphatic heterocycles. The van der Waals surface area contributed by atoms with Gasteiger partial charge in [-0.3, -0.25) is 9.59 Å². The van der Waals surface area contributed by atoms with Crippen LogP contribution in [0.3, 0.4) is 0 Å². The largest absolute Gasteiger partial charge is 0.464 e. The van der Waals surface area contributed by atoms with Crippen LogP contribution in [0.2, 0.25) is 0 Å². The Morgan fingerprint density at radius 1 is 1.21 bits per heavy atom. The second-order valence-electron chi connectivity index (χ2n) is 8.20. The summed E-state index contributed by atoms with van der Waals surface area (Å²) in [7, 11) is 3.00. The van der Waals surface area contributed by atoms with Crippen molar-refractivity contribution in [2.75, 3.05) is 25.5 Å². The van der Waals surface area contributed by atoms with Gasteiger partial charge in [-0.1, -0.05) is 12.1 Å². The number of esters is 1. The number of methoxy groups -OCH3 is 1. The highest BCUT2D eigenvalue weighted by molar-refractivity contribution is 7.10. The molecular formula is C24H25FN4O4S. The van der Waals surface area contributed by atoms with E-state index in [4.69, 9.17) is 4.74 Å². The number of likely N-dealkylation sites (tertiary alicyclic amines) is 1. The number of carbonyl (C=O) groups is 3. The van der Waals surface area contributed by atoms with E-state index in [1.54, 1.807) is 41.4 Å². The Kier molecular flexibility index (Phi) is 7.06. The summed E-state index contributed by atoms with van der Waals surface area (Å²) in [6.45, 7) is 1.23. The maximum atomic E-state index is 13.1. The topological polar surface area (TPSA) is 93.5 Å². The van der Waals surface area contributed by atoms with Crippen molar-refractivity contribution in [3.63, 3.8) is 0 Å². The van der Waals surface area contributed by atoms with Crippen LogP contribution >= 0.6 is 11.3 Å². The van der Waals surface area contributed by atoms with Gasteiger partial charge in [0.15, 0.2) is 0 Å². The van der Waals surface area contributed by atoms with Gasteiger partial charge in [-0.15, -0.1) is 11.3 Å². The number of piperidine rings is 1. The Morgan fingerprint density at radius 3 is 2.59 bits per heavy atom. The molecule has 0 unspecified atom stereocenters. The lowest BCUT2D eigenvalue weighted by Gasteiger charge is -2.31. The minimum absolute atomic E-state index is 0.0263. The van der Waals surface area contributed by atoms with Gasteiger partial charge in [-0.05, 0) is 36.6 Å². The minimum atomic E-state index is -0.485. The highest BCUT2D eigenvalue weighted by Gasteiger charge is 2.26. The monoisotopic (exact) mass is 484 g/mol. The fourth-order valence-electron chi connectivity index (χ4n) is 3.98. The number of hydrogen-bond acceptors (Lipinski definition) is 6. The third-order valence-corrected chi connectivity index (χ3v) is 6.88. The van der Waals surface area contributed by atoms with E-state index in [2.05, 4.69) is 10.3 Å². The molecule has 0 aliphatic carbocycles. The molecule has 10 heteroatoms. The minimum Gasteiger partial charge on any atom is -0.464 e. The zero-order valence-corrected chi connectivity index (χ0v) is 19.7. The van der Waals surface area contributed by atoms with Gasteiger partial charge >= 0.3 is 5.97 Å². The van der Waals surface area contributed by atoms with Crippen LogP contribution in [0.15, 0.2) is 41.9 Å². The maximum Gasteiger partial charge on any atom is 0.354 e. The molecule has 2 aromatic heterocycles. The number of halogens is 1. The van der Waals surface area contributed by atoms with Crippen molar-refractivity contribution in [1.82, 2.24) is 14.5 Å². The van der Waals surface area contributed by atoms with Gasteiger partial charge < -0.3 is 19.5 Å². The third-order valence-electron chi connectivity index (χ3n) is 5.88. The standard InChI is InChI=1S/C24H25FN4O4S/c1-28-13-18(12-20(28)24(32)33-2)26-22(31)19-14-34-23(27-19)16-7-9-29(10-8-16)21(30)11-15-3-5-17(25)6-4-15/h3-6,12-14,16H,7-11H2,1-2H3,(H,26,31). The second kappa shape index (κ2) is 10.2. The van der Waals surface area contributed by atoms with Crippen molar-refractivity contribution in [2.24, 2.45) is 7.05 Å². The molecule has 0 bridgehead atoms. The molecule has 1 saturated heterocycles. The number of hydrogen-bond donors (Lipinski definition) is 1. The lowest BCUT2D eigenvalue weighted by atomic mass is 9.97. The van der Waals surface area contributed by atoms with E-state index in [-0.39, 0.29) is 30.0 Å². The molecule has 178 valence electrons. The van der Waals surface area contributed by atoms with Gasteiger partial charge in [-0.2, -0.15) is 0 Å². The summed E-state index contributed by atoms with van der Waals surface area (Å²) >= 11 is 1.44. The average molecular weight is 485 g/mol. The first-order valence-electron chi connectivity index (χ1n) is 10.9. The van der Waals surface area contributed by atoms with Gasteiger partial charge in [0, 0.05) is 37.6 Å². The van der Waals surface area contributed by atoms with Crippen molar-refractivity contribution in [2.45, 2.75) is 25.2 Å². The molecular weight excluding hydrogens is 459 g/mol. The summed E-state index contributed by atoms with van der Waals surface area (Å²) in [5, 5.41) is 5.36. The predicted molar refractivity (Wildman–Crippen MR) is 125 cm³/mol. The summed E-state index contributed by atoms with van der Waals surface area (Å²) < 4.78 is 19.4. The number of aryl methyl sites for hydroxylation is 1. The van der Waals surface area contributed by atoms with Crippen LogP contribution in [0.1, 0.15) is 50.3 Å². The van der Waals surface area contributed by atoms with Gasteiger partial charge in [0.25, 0.3) is 5.91 Å². The summed E-state index contributed by atoms with van der Waals surface area (Å²) in [5.41, 5.74) is 1.92. The smallest absolute Gasteiger partial charge is 0.354 e. The van der Waals surface area contributed by atoms with Crippen LogP contribution in [-0.4, -0.2) is 52.4 Å². The SMILES string of the molecule is COC(=O)c1cc(NC(=O)c2csc(C3CCN(C(=O)Cc4ccc(F)cc4)CC3)n2)cn1C. The van der Waals surface area contributed by atoms with Crippen LogP contribution in [0.25, 0.3) is 0 Å². The normalized spacial score (nSPS) is 14.1. The van der Waals surface area contributed by atoms with E-state index in [1.165, 1.54) is 30.6 Å². The van der Waals surface area contributed by atoms with Crippen LogP contribution < -0.4 is 5.32 Å². The molecule has 0 radical (unpaired) electrons. The zero-order chi connectivity index (χ0) is 24.2. The molecule has 4 rings (SSSR count). The number of nitrogens with zero attached hydrogens (tertiary/aromatic N) is 3. The van der Waals surface area contributed by atoms with E-state index in [0.29, 0.717) is 30.2 Å². The van der Waals surface area contributed by atoms with Crippen molar-refractivity contribution in [1.29, 1.82) is 0 Å². The molecule has 3 heterocycles. The number of nitrogens with one attached hydrogen (secondary N) is 1. The molecule has 1 fully saturated rings. The first kappa shape index (κ1) is 23.6. The molecule has 3 aromatic rings. The summed E-state index contributed by atoms with van der Waals surface area (Å²) in [6, 6.07) is 7.54. The highest BCUT2D eigenvalue weighted by Crippen LogP contribution is 2.31. The molecule has 34 heavy (non-hydrogen) atoms. The number of aromatic nitrogens is 2. The Labute approximate surface area is 200 Å². The molecule has 1 aliphatic rings. The van der Waals surface area contributed by atoms with E-state index in [1.807, 2.05) is 4.90 Å². The quantitative estimate of drug-likeness (QED) is 0.540. The molecule has 8 nitrogen and oxygen atoms in total. The zero-order valence-electron chi connectivity index (χ0n) is 18.9. The lowest BCUT2D eigenvalue weighted by Crippen LogP contribution is -2.38. The molecule has 2 amide bonds. The number of anilines is 1. The van der Waals surface area contributed by atoms with Crippen LogP contribution in [0, 0.1) is 5.82 Å². The fraction of sp³-hybridized carbons (Fsp3) is 0.333. The number of rotatable bonds is 6. The van der Waals surface area contributed by atoms with Gasteiger partial charge in [0.1, 0.15) is 17.2 Å². The average Bonchev–Trinajstić information content (AvgIpc) is 3.47. The predicted octanol–water partition coefficient (Wildman–Crippen LogP) is 3.61. The summed E-state index contributed by atoms with van der Waals surface area (Å²) in [6.07, 6.45) is 3.43. The Hall–Kier alpha value is -3.53. The first-order chi connectivity index (χ1) is 16.3. The Bertz CT molecular complexity index is 1200. The van der Waals surface area contributed by atoms with Crippen molar-refractivity contribution in [3.05, 3.63) is 69.7 Å². The summed E-state index contributed by atoms with van der Waals surface area (Å²) in [4.78, 5) is 43.3. The molecule has 1 N–H and O–H groups in total. The van der Waals surface area contributed by atoms with Crippen molar-refractivity contribution < 1.29 is 23.5 Å². The van der Waals surface area contributed by atoms with Crippen LogP contribution in [0.4, 0.5) is 10.1 Å². The number of thiazole rings is 1. The number of benzene rings is 1. The summed E-state index contributed by atoms with van der Waals surface area (Å²) in [5.74, 6) is -0.941. The molecule has 0 saturated carbocycles. The van der Waals surface area contributed by atoms with E-state index >= 15 is 0 Å². The van der Waals surface area contributed by atoms with Crippen LogP contribution in [-0.2, 0) is 23.0 Å². The van der Waals surface area contributed by atoms with Crippen LogP contribution in [0.5, 0.6) is 0 Å². The van der Waals surface area contributed by atoms with Gasteiger partial charge in [-0.25, -0.2) is 14.2 Å². The van der Waals surface area contributed by atoms with Crippen molar-refractivity contribution >= 4 is 34.8 Å². The lowest BCUT2D eigenvalue weighted by molar-refractivity contribution is -0.131. The van der Waals surface area contributed by atoms with Gasteiger partial charge in [0.2, 0.25) is 5.91 Å². The molecule has 0 atom stereocenters. The Morgan fingerprint density at radius 2 is 1.91 bits per heavy atom. The number of ether oxygens (including phenoxy) is 1. The molecule has 0 spiro atoms. The van der Waals surface area contributed by atoms with Crippen molar-refractivity contribution in [3.8, 4) is 0 Å². The number of carbonyl (C=O) groups excluding carboxylic acids is 3. The molecule has 1 aromatic carbocycles. The van der Waals surface area contributed by atoms with Gasteiger partial charge in [0.05, 0.1) is 24.2 Å². The Balaban J connectivity index is 1.31. The third kappa shape index (κ3) is 5.33.